The first-order valence-electron chi connectivity index (χ1n) is 5.72. The fourth-order valence-electron chi connectivity index (χ4n) is 1.89. The molecule has 1 unspecified atom stereocenters. The minimum atomic E-state index is -4.76. The number of phosphoric ester groups is 1. The first kappa shape index (κ1) is 16.0. The summed E-state index contributed by atoms with van der Waals surface area (Å²) in [7, 11) is -4.76. The molecule has 1 aromatic heterocycles. The monoisotopic (exact) mass is 335 g/mol. The third-order valence-electron chi connectivity index (χ3n) is 2.87. The van der Waals surface area contributed by atoms with Crippen LogP contribution in [0.4, 0.5) is 0 Å². The van der Waals surface area contributed by atoms with E-state index in [1.807, 2.05) is 4.98 Å². The van der Waals surface area contributed by atoms with Crippen molar-refractivity contribution in [1.82, 2.24) is 9.55 Å². The fraction of sp³-hybridized carbons (Fsp3) is 0.556. The fourth-order valence-corrected chi connectivity index (χ4v) is 2.24. The quantitative estimate of drug-likeness (QED) is 0.289. The lowest BCUT2D eigenvalue weighted by Gasteiger charge is -2.16. The van der Waals surface area contributed by atoms with E-state index in [1.165, 1.54) is 0 Å². The van der Waals surface area contributed by atoms with Crippen LogP contribution in [-0.2, 0) is 13.8 Å². The molecule has 1 saturated heterocycles. The van der Waals surface area contributed by atoms with Crippen LogP contribution in [0, 0.1) is 0 Å². The van der Waals surface area contributed by atoms with Gasteiger partial charge >= 0.3 is 13.5 Å². The Morgan fingerprint density at radius 2 is 2.00 bits per heavy atom. The Kier molecular flexibility index (Phi) is 4.44. The van der Waals surface area contributed by atoms with E-state index >= 15 is 0 Å². The Bertz CT molecular complexity index is 664. The van der Waals surface area contributed by atoms with Gasteiger partial charge in [0, 0.05) is 12.3 Å². The van der Waals surface area contributed by atoms with Crippen molar-refractivity contribution in [2.45, 2.75) is 24.5 Å². The maximum Gasteiger partial charge on any atom is 0.469 e. The number of rotatable bonds is 4. The molecule has 0 amide bonds. The molecule has 0 aliphatic carbocycles. The number of phosphoric acid groups is 1. The van der Waals surface area contributed by atoms with Gasteiger partial charge in [-0.25, -0.2) is 9.36 Å². The Morgan fingerprint density at radius 1 is 1.33 bits per heavy atom. The number of aliphatic hydroxyl groups is 2. The van der Waals surface area contributed by atoms with Crippen molar-refractivity contribution in [3.63, 3.8) is 0 Å². The van der Waals surface area contributed by atoms with Crippen LogP contribution in [0.3, 0.4) is 0 Å². The Morgan fingerprint density at radius 3 is 2.57 bits per heavy atom. The Balaban J connectivity index is 2.18. The summed E-state index contributed by atoms with van der Waals surface area (Å²) in [6.07, 6.45) is -4.58. The van der Waals surface area contributed by atoms with Gasteiger partial charge in [0.1, 0.15) is 18.3 Å². The summed E-state index contributed by atoms with van der Waals surface area (Å²) in [5.41, 5.74) is -1.51. The van der Waals surface area contributed by atoms with Crippen molar-refractivity contribution < 1.29 is 33.8 Å². The second kappa shape index (κ2) is 5.81. The van der Waals surface area contributed by atoms with Crippen LogP contribution < -0.4 is 11.2 Å². The van der Waals surface area contributed by atoms with Gasteiger partial charge in [0.05, 0.1) is 6.61 Å². The van der Waals surface area contributed by atoms with E-state index in [4.69, 9.17) is 14.5 Å². The zero-order valence-electron chi connectivity index (χ0n) is 10.4. The first-order valence-corrected chi connectivity index (χ1v) is 7.25. The molecule has 2 heterocycles. The van der Waals surface area contributed by atoms with Crippen molar-refractivity contribution in [2.75, 3.05) is 6.61 Å². The van der Waals surface area contributed by atoms with Crippen molar-refractivity contribution in [3.05, 3.63) is 33.1 Å². The summed E-state index contributed by atoms with van der Waals surface area (Å²) in [5.74, 6) is 0. The number of aliphatic hydroxyl groups excluding tert-OH is 2. The topological polar surface area (TPSA) is 171 Å². The average Bonchev–Trinajstić information content (AvgIpc) is 2.64. The van der Waals surface area contributed by atoms with Crippen LogP contribution in [0.2, 0.25) is 0 Å². The SMILES string of the molecule is O=[13c]1[13cH][13cH][15n]([13C@@H]2O[13C@H]([13CH2]OP(=O)(O)O)[13C@H](O)[13CH]2O)[13c](=O)[15nH]1. The second-order valence-corrected chi connectivity index (χ2v) is 5.59. The van der Waals surface area contributed by atoms with Crippen LogP contribution in [-0.4, -0.2) is 54.5 Å². The van der Waals surface area contributed by atoms with Crippen LogP contribution in [0.5, 0.6) is 0 Å². The van der Waals surface area contributed by atoms with Gasteiger partial charge < -0.3 is 24.7 Å². The van der Waals surface area contributed by atoms with E-state index in [0.29, 0.717) is 0 Å². The average molecular weight is 335 g/mol. The van der Waals surface area contributed by atoms with E-state index in [1.54, 1.807) is 0 Å². The molecule has 0 radical (unpaired) electrons. The predicted octanol–water partition coefficient (Wildman–Crippen LogP) is -2.73. The lowest BCUT2D eigenvalue weighted by atomic mass is 11.1. The van der Waals surface area contributed by atoms with E-state index in [2.05, 4.69) is 4.52 Å². The largest absolute Gasteiger partial charge is 0.469 e. The number of hydrogen-bond acceptors (Lipinski definition) is 7. The zero-order chi connectivity index (χ0) is 15.8. The third kappa shape index (κ3) is 3.66. The highest BCUT2D eigenvalue weighted by atomic mass is 31.2. The van der Waals surface area contributed by atoms with Gasteiger partial charge in [-0.1, -0.05) is 0 Å². The van der Waals surface area contributed by atoms with Crippen LogP contribution >= 0.6 is 7.82 Å². The minimum absolute atomic E-state index is 0.648. The lowest BCUT2D eigenvalue weighted by molar-refractivity contribution is -0.0543. The van der Waals surface area contributed by atoms with Crippen LogP contribution in [0.15, 0.2) is 21.9 Å². The smallest absolute Gasteiger partial charge is 0.387 e. The van der Waals surface area contributed by atoms with Crippen LogP contribution in [0.1, 0.15) is 6.23 Å². The van der Waals surface area contributed by atoms with Crippen molar-refractivity contribution in [2.24, 2.45) is 0 Å². The number of nitrogens with zero attached hydrogens (tertiary/aromatic N) is 1. The summed E-state index contributed by atoms with van der Waals surface area (Å²) in [6.45, 7) is -0.683. The van der Waals surface area contributed by atoms with Crippen molar-refractivity contribution >= 4 is 7.82 Å². The molecule has 0 aromatic carbocycles. The first-order chi connectivity index (χ1) is 9.69. The summed E-state index contributed by atoms with van der Waals surface area (Å²) in [4.78, 5) is 41.6. The maximum absolute atomic E-state index is 11.6. The minimum Gasteiger partial charge on any atom is -0.387 e. The lowest BCUT2D eigenvalue weighted by Crippen LogP contribution is -2.37. The zero-order valence-corrected chi connectivity index (χ0v) is 11.3. The van der Waals surface area contributed by atoms with E-state index in [9.17, 15) is 24.4 Å². The van der Waals surface area contributed by atoms with Crippen LogP contribution in [0.25, 0.3) is 0 Å². The highest BCUT2D eigenvalue weighted by Gasteiger charge is 2.44. The molecule has 0 spiro atoms. The molecule has 1 aliphatic heterocycles. The third-order valence-corrected chi connectivity index (χ3v) is 3.35. The number of nitrogens with one attached hydrogen (secondary N) is 1. The molecule has 1 fully saturated rings. The molecule has 0 bridgehead atoms. The number of H-pyrrole nitrogens is 1. The summed E-state index contributed by atoms with van der Waals surface area (Å²) in [5, 5.41) is 19.6. The molecular weight excluding hydrogens is 322 g/mol. The second-order valence-electron chi connectivity index (χ2n) is 4.35. The Labute approximate surface area is 116 Å². The molecule has 1 aromatic rings. The summed E-state index contributed by atoms with van der Waals surface area (Å²) in [6, 6.07) is 1.02. The molecule has 21 heavy (non-hydrogen) atoms. The normalized spacial score (nSPS) is 29.7. The highest BCUT2D eigenvalue weighted by Crippen LogP contribution is 2.38. The van der Waals surface area contributed by atoms with Gasteiger partial charge in [-0.2, -0.15) is 0 Å². The van der Waals surface area contributed by atoms with Gasteiger partial charge in [0.15, 0.2) is 6.23 Å². The summed E-state index contributed by atoms with van der Waals surface area (Å²) >= 11 is 0. The predicted molar refractivity (Wildman–Crippen MR) is 65.2 cm³/mol. The molecule has 0 saturated carbocycles. The molecule has 2 rings (SSSR count). The van der Waals surface area contributed by atoms with Crippen molar-refractivity contribution in [1.29, 1.82) is 0 Å². The van der Waals surface area contributed by atoms with E-state index in [0.717, 1.165) is 16.8 Å². The van der Waals surface area contributed by atoms with E-state index in [-0.39, 0.29) is 0 Å². The number of aromatic amines is 1. The molecule has 11 nitrogen and oxygen atoms in total. The molecule has 4 atom stereocenters. The molecular formula is C9H13N2O9P. The van der Waals surface area contributed by atoms with E-state index < -0.39 is 50.2 Å². The number of ether oxygens (including phenoxy) is 1. The van der Waals surface area contributed by atoms with Gasteiger partial charge in [-0.15, -0.1) is 0 Å². The van der Waals surface area contributed by atoms with Gasteiger partial charge in [-0.3, -0.25) is 18.9 Å². The molecule has 5 N–H and O–H groups in total. The highest BCUT2D eigenvalue weighted by molar-refractivity contribution is 7.46. The molecule has 1 aliphatic rings. The number of hydrogen-bond donors (Lipinski definition) is 5. The van der Waals surface area contributed by atoms with Gasteiger partial charge in [0.2, 0.25) is 0 Å². The number of aromatic nitrogens is 2. The maximum atomic E-state index is 11.6. The van der Waals surface area contributed by atoms with Gasteiger partial charge in [-0.05, 0) is 0 Å². The summed E-state index contributed by atoms with van der Waals surface area (Å²) < 4.78 is 20.8. The van der Waals surface area contributed by atoms with Gasteiger partial charge in [0.25, 0.3) is 5.56 Å². The van der Waals surface area contributed by atoms with Crippen molar-refractivity contribution in [3.8, 4) is 0 Å². The molecule has 118 valence electrons. The standard InChI is InChI=1S/C9H13N2O9P/c12-5-1-2-11(9(15)10-5)8-7(14)6(13)4(20-8)3-19-21(16,17)18/h1-2,4,6-8,13-14H,3H2,(H,10,12,15)(H2,16,17,18)/t4-,6+,7?,8-/m1/s1/i1+1,2+1,3+1,4+1,5+1,6+1,7+1,8+1,9+1,10+1,11+1. The molecule has 12 heteroatoms. The Hall–Kier alpha value is -1.33.